The van der Waals surface area contributed by atoms with Gasteiger partial charge in [-0.15, -0.1) is 12.4 Å². The highest BCUT2D eigenvalue weighted by atomic mass is 35.5. The van der Waals surface area contributed by atoms with Gasteiger partial charge in [-0.2, -0.15) is 0 Å². The van der Waals surface area contributed by atoms with Crippen molar-refractivity contribution < 1.29 is 4.79 Å². The van der Waals surface area contributed by atoms with Gasteiger partial charge in [-0.3, -0.25) is 4.79 Å². The molecule has 0 aliphatic heterocycles. The van der Waals surface area contributed by atoms with Gasteiger partial charge in [0, 0.05) is 18.7 Å². The minimum atomic E-state index is 0. The van der Waals surface area contributed by atoms with Gasteiger partial charge in [-0.05, 0) is 61.8 Å². The van der Waals surface area contributed by atoms with E-state index in [9.17, 15) is 4.79 Å². The van der Waals surface area contributed by atoms with E-state index in [4.69, 9.17) is 0 Å². The molecule has 0 bridgehead atoms. The number of carbonyl (C=O) groups excluding carboxylic acids is 1. The van der Waals surface area contributed by atoms with Crippen molar-refractivity contribution in [1.82, 2.24) is 5.32 Å². The van der Waals surface area contributed by atoms with Crippen molar-refractivity contribution >= 4 is 24.0 Å². The van der Waals surface area contributed by atoms with Crippen LogP contribution in [-0.2, 0) is 17.6 Å². The van der Waals surface area contributed by atoms with Gasteiger partial charge in [0.1, 0.15) is 0 Å². The summed E-state index contributed by atoms with van der Waals surface area (Å²) in [5.41, 5.74) is 3.73. The fourth-order valence-electron chi connectivity index (χ4n) is 2.94. The molecule has 0 saturated heterocycles. The molecule has 2 N–H and O–H groups in total. The molecule has 1 atom stereocenters. The summed E-state index contributed by atoms with van der Waals surface area (Å²) in [5, 5.41) is 6.65. The Balaban J connectivity index is 0.00000147. The maximum absolute atomic E-state index is 11.2. The van der Waals surface area contributed by atoms with Crippen molar-refractivity contribution in [3.05, 3.63) is 29.3 Å². The van der Waals surface area contributed by atoms with Gasteiger partial charge in [0.15, 0.2) is 0 Å². The standard InChI is InChI=1S/C16H22N2O.ClH/c1-11(19)18-16-4-2-3-13-9-14(7-8-15(13)16)17-10-12-5-6-12;/h2-4,12,14,17H,5-10H2,1H3,(H,18,19);1H. The molecule has 0 spiro atoms. The Bertz CT molecular complexity index is 485. The maximum Gasteiger partial charge on any atom is 0.221 e. The van der Waals surface area contributed by atoms with Crippen molar-refractivity contribution in [3.8, 4) is 0 Å². The van der Waals surface area contributed by atoms with Gasteiger partial charge in [0.2, 0.25) is 5.91 Å². The summed E-state index contributed by atoms with van der Waals surface area (Å²) in [4.78, 5) is 11.2. The van der Waals surface area contributed by atoms with Crippen LogP contribution >= 0.6 is 12.4 Å². The van der Waals surface area contributed by atoms with Gasteiger partial charge in [0.05, 0.1) is 0 Å². The molecule has 2 aliphatic rings. The van der Waals surface area contributed by atoms with E-state index in [2.05, 4.69) is 16.7 Å². The number of halogens is 1. The van der Waals surface area contributed by atoms with E-state index >= 15 is 0 Å². The zero-order chi connectivity index (χ0) is 13.2. The molecule has 1 amide bonds. The molecule has 3 rings (SSSR count). The Hall–Kier alpha value is -1.06. The number of nitrogens with one attached hydrogen (secondary N) is 2. The Morgan fingerprint density at radius 3 is 2.80 bits per heavy atom. The Kier molecular flexibility index (Phi) is 5.06. The number of rotatable bonds is 4. The summed E-state index contributed by atoms with van der Waals surface area (Å²) < 4.78 is 0. The average Bonchev–Trinajstić information content (AvgIpc) is 3.20. The van der Waals surface area contributed by atoms with Crippen molar-refractivity contribution in [1.29, 1.82) is 0 Å². The van der Waals surface area contributed by atoms with E-state index in [1.807, 2.05) is 12.1 Å². The third-order valence-electron chi connectivity index (χ3n) is 4.18. The second kappa shape index (κ2) is 6.59. The minimum Gasteiger partial charge on any atom is -0.326 e. The molecule has 0 aromatic heterocycles. The topological polar surface area (TPSA) is 41.1 Å². The smallest absolute Gasteiger partial charge is 0.221 e. The van der Waals surface area contributed by atoms with E-state index in [1.165, 1.54) is 36.9 Å². The molecule has 1 fully saturated rings. The summed E-state index contributed by atoms with van der Waals surface area (Å²) in [6.45, 7) is 2.76. The van der Waals surface area contributed by atoms with Crippen LogP contribution in [0, 0.1) is 5.92 Å². The number of benzene rings is 1. The van der Waals surface area contributed by atoms with Crippen LogP contribution in [0.4, 0.5) is 5.69 Å². The van der Waals surface area contributed by atoms with Gasteiger partial charge >= 0.3 is 0 Å². The summed E-state index contributed by atoms with van der Waals surface area (Å²) in [6, 6.07) is 6.87. The molecule has 1 aromatic carbocycles. The first kappa shape index (κ1) is 15.3. The molecule has 4 heteroatoms. The normalized spacial score (nSPS) is 20.8. The Morgan fingerprint density at radius 1 is 1.30 bits per heavy atom. The molecule has 2 aliphatic carbocycles. The van der Waals surface area contributed by atoms with E-state index in [0.29, 0.717) is 6.04 Å². The molecule has 20 heavy (non-hydrogen) atoms. The number of carbonyl (C=O) groups is 1. The lowest BCUT2D eigenvalue weighted by atomic mass is 9.87. The first-order valence-corrected chi connectivity index (χ1v) is 7.34. The van der Waals surface area contributed by atoms with E-state index in [-0.39, 0.29) is 18.3 Å². The number of anilines is 1. The molecular weight excluding hydrogens is 272 g/mol. The fourth-order valence-corrected chi connectivity index (χ4v) is 2.94. The molecule has 0 radical (unpaired) electrons. The minimum absolute atomic E-state index is 0. The highest BCUT2D eigenvalue weighted by molar-refractivity contribution is 5.89. The van der Waals surface area contributed by atoms with Crippen LogP contribution in [0.3, 0.4) is 0 Å². The lowest BCUT2D eigenvalue weighted by Crippen LogP contribution is -2.36. The number of hydrogen-bond acceptors (Lipinski definition) is 2. The summed E-state index contributed by atoms with van der Waals surface area (Å²) >= 11 is 0. The summed E-state index contributed by atoms with van der Waals surface area (Å²) in [5.74, 6) is 0.953. The molecule has 0 heterocycles. The van der Waals surface area contributed by atoms with Gasteiger partial charge < -0.3 is 10.6 Å². The maximum atomic E-state index is 11.2. The lowest BCUT2D eigenvalue weighted by Gasteiger charge is -2.27. The average molecular weight is 295 g/mol. The van der Waals surface area contributed by atoms with Gasteiger partial charge in [-0.25, -0.2) is 0 Å². The predicted molar refractivity (Wildman–Crippen MR) is 84.5 cm³/mol. The van der Waals surface area contributed by atoms with E-state index < -0.39 is 0 Å². The molecule has 1 unspecified atom stereocenters. The molecule has 3 nitrogen and oxygen atoms in total. The lowest BCUT2D eigenvalue weighted by molar-refractivity contribution is -0.114. The van der Waals surface area contributed by atoms with Crippen LogP contribution in [0.15, 0.2) is 18.2 Å². The molecule has 1 aromatic rings. The Morgan fingerprint density at radius 2 is 2.10 bits per heavy atom. The van der Waals surface area contributed by atoms with Gasteiger partial charge in [0.25, 0.3) is 0 Å². The van der Waals surface area contributed by atoms with Crippen LogP contribution in [-0.4, -0.2) is 18.5 Å². The van der Waals surface area contributed by atoms with Crippen LogP contribution in [0.2, 0.25) is 0 Å². The van der Waals surface area contributed by atoms with Crippen molar-refractivity contribution in [2.45, 2.75) is 45.1 Å². The second-order valence-corrected chi connectivity index (χ2v) is 5.92. The number of hydrogen-bond donors (Lipinski definition) is 2. The molecular formula is C16H23ClN2O. The third kappa shape index (κ3) is 3.74. The Labute approximate surface area is 126 Å². The van der Waals surface area contributed by atoms with Crippen molar-refractivity contribution in [2.24, 2.45) is 5.92 Å². The van der Waals surface area contributed by atoms with Crippen LogP contribution < -0.4 is 10.6 Å². The van der Waals surface area contributed by atoms with Crippen molar-refractivity contribution in [2.75, 3.05) is 11.9 Å². The number of fused-ring (bicyclic) bond motifs is 1. The molecule has 110 valence electrons. The first-order valence-electron chi connectivity index (χ1n) is 7.34. The second-order valence-electron chi connectivity index (χ2n) is 5.92. The van der Waals surface area contributed by atoms with Gasteiger partial charge in [-0.1, -0.05) is 12.1 Å². The highest BCUT2D eigenvalue weighted by Crippen LogP contribution is 2.30. The van der Waals surface area contributed by atoms with E-state index in [0.717, 1.165) is 24.4 Å². The largest absolute Gasteiger partial charge is 0.326 e. The monoisotopic (exact) mass is 294 g/mol. The van der Waals surface area contributed by atoms with Crippen LogP contribution in [0.1, 0.15) is 37.3 Å². The fraction of sp³-hybridized carbons (Fsp3) is 0.562. The summed E-state index contributed by atoms with van der Waals surface area (Å²) in [7, 11) is 0. The molecule has 1 saturated carbocycles. The van der Waals surface area contributed by atoms with Crippen LogP contribution in [0.5, 0.6) is 0 Å². The highest BCUT2D eigenvalue weighted by Gasteiger charge is 2.25. The number of amides is 1. The zero-order valence-electron chi connectivity index (χ0n) is 11.9. The van der Waals surface area contributed by atoms with Crippen molar-refractivity contribution in [3.63, 3.8) is 0 Å². The predicted octanol–water partition coefficient (Wildman–Crippen LogP) is 2.92. The van der Waals surface area contributed by atoms with E-state index in [1.54, 1.807) is 6.92 Å². The quantitative estimate of drug-likeness (QED) is 0.896. The first-order chi connectivity index (χ1) is 9.22. The SMILES string of the molecule is CC(=O)Nc1cccc2c1CCC(NCC1CC1)C2.Cl. The zero-order valence-corrected chi connectivity index (χ0v) is 12.8. The summed E-state index contributed by atoms with van der Waals surface area (Å²) in [6.07, 6.45) is 6.14. The van der Waals surface area contributed by atoms with Crippen LogP contribution in [0.25, 0.3) is 0 Å². The third-order valence-corrected chi connectivity index (χ3v) is 4.18.